The van der Waals surface area contributed by atoms with E-state index >= 15 is 0 Å². The maximum atomic E-state index is 12.7. The molecule has 405 valence electrons. The number of halogens is 3. The van der Waals surface area contributed by atoms with Crippen LogP contribution in [0.1, 0.15) is 158 Å². The first kappa shape index (κ1) is 59.9. The number of benzene rings is 3. The number of likely N-dealkylation sites (N-methyl/N-ethyl adjacent to an activating group) is 1. The number of carbonyl (C=O) groups is 2. The summed E-state index contributed by atoms with van der Waals surface area (Å²) in [5.41, 5.74) is 6.44. The molecule has 75 heavy (non-hydrogen) atoms. The smallest absolute Gasteiger partial charge is 1.00 e. The zero-order chi connectivity index (χ0) is 52.3. The molecular formula is C56H76AlF3LiN3O9PS. The third kappa shape index (κ3) is 11.2. The van der Waals surface area contributed by atoms with Crippen LogP contribution < -0.4 is 27.9 Å². The first-order chi connectivity index (χ1) is 34.6. The van der Waals surface area contributed by atoms with E-state index in [1.807, 2.05) is 4.90 Å². The fourth-order valence-electron chi connectivity index (χ4n) is 16.4. The molecule has 0 aromatic heterocycles. The molecule has 3 saturated heterocycles. The molecule has 1 N–H and O–H groups in total. The molecule has 3 aliphatic heterocycles. The minimum Gasteiger partial charge on any atom is -1.00 e. The third-order valence-electron chi connectivity index (χ3n) is 19.4. The Hall–Kier alpha value is -2.79. The molecule has 3 aromatic rings. The van der Waals surface area contributed by atoms with Crippen molar-refractivity contribution in [2.24, 2.45) is 17.8 Å². The van der Waals surface area contributed by atoms with E-state index < -0.39 is 23.9 Å². The van der Waals surface area contributed by atoms with E-state index in [0.717, 1.165) is 68.2 Å². The number of rotatable bonds is 3. The summed E-state index contributed by atoms with van der Waals surface area (Å²) < 4.78 is 76.9. The summed E-state index contributed by atoms with van der Waals surface area (Å²) in [6.45, 7) is 10.7. The van der Waals surface area contributed by atoms with Gasteiger partial charge in [0.25, 0.3) is 0 Å². The summed E-state index contributed by atoms with van der Waals surface area (Å²) in [6, 6.07) is 20.0. The van der Waals surface area contributed by atoms with Crippen molar-refractivity contribution in [1.82, 2.24) is 14.7 Å². The van der Waals surface area contributed by atoms with Gasteiger partial charge in [-0.05, 0) is 172 Å². The molecule has 3 heterocycles. The predicted octanol–water partition coefficient (Wildman–Crippen LogP) is 7.28. The number of likely N-dealkylation sites (tertiary alicyclic amines) is 3. The summed E-state index contributed by atoms with van der Waals surface area (Å²) in [7, 11) is -6.40. The fraction of sp³-hybridized carbons (Fsp3) is 0.643. The summed E-state index contributed by atoms with van der Waals surface area (Å²) in [6.07, 6.45) is 21.3. The van der Waals surface area contributed by atoms with Crippen molar-refractivity contribution in [2.45, 2.75) is 183 Å². The number of nitrogens with zero attached hydrogens (tertiary/aromatic N) is 3. The molecule has 6 aliphatic carbocycles. The number of hydrogen-bond acceptors (Lipinski definition) is 10. The van der Waals surface area contributed by atoms with E-state index in [4.69, 9.17) is 14.7 Å². The number of piperidine rings is 3. The van der Waals surface area contributed by atoms with Crippen LogP contribution in [0.3, 0.4) is 0 Å². The largest absolute Gasteiger partial charge is 1.00 e. The standard InChI is InChI=1S/C19H22F3NO4S.C19H25NO.C18H25N.Al.Li.HO4P.H2.H/c1-12(24)23-9-8-18-7-3-2-4-15(18)17(23)10-13-5-6-14(11-16(13)18)27-28(25,26)19(20,21)22;1-13-6-7-15-12-18-16-5-3-4-8-19(16,17(15)11-13)9-10-20(18)14(2)21;1-13-6-7-14-12-17-15-5-3-4-8-18(15,16(14)11-13)9-10-19(17)2;;;1-4-5(2)3;;/h5-6,11,15,17H,2-4,7-10H2,1H3;6-7,11,16,18H,3-5,8-10,12H2,1-2H3;6-7,11,15,17H,3-5,8-10,12H2,1-2H3;;;1H;1H;/q;;;;+1;;;-1/t15-,17+,18+;16-,18+,19+;15-,17+,18+;;;;;/m111...../s1. The van der Waals surface area contributed by atoms with Crippen LogP contribution in [-0.4, -0.2) is 108 Å². The second-order valence-corrected chi connectivity index (χ2v) is 25.1. The molecule has 2 amide bonds. The maximum Gasteiger partial charge on any atom is 1.00 e. The quantitative estimate of drug-likeness (QED) is 0.0707. The Morgan fingerprint density at radius 1 is 0.680 bits per heavy atom. The average molecular weight is 1090 g/mol. The summed E-state index contributed by atoms with van der Waals surface area (Å²) >= 11 is 0. The second-order valence-electron chi connectivity index (χ2n) is 22.9. The summed E-state index contributed by atoms with van der Waals surface area (Å²) in [5, 5.41) is 7.05. The summed E-state index contributed by atoms with van der Waals surface area (Å²) in [5.74, 6) is 1.87. The van der Waals surface area contributed by atoms with Crippen molar-refractivity contribution in [3.8, 4) is 5.75 Å². The van der Waals surface area contributed by atoms with Crippen LogP contribution in [0.15, 0.2) is 54.6 Å². The molecule has 9 aliphatic rings. The van der Waals surface area contributed by atoms with Gasteiger partial charge in [0.05, 0.1) is 0 Å². The Labute approximate surface area is 468 Å². The minimum atomic E-state index is -5.70. The Bertz CT molecular complexity index is 2740. The number of amides is 2. The fourth-order valence-corrected chi connectivity index (χ4v) is 16.9. The van der Waals surface area contributed by atoms with Crippen LogP contribution in [0.4, 0.5) is 13.2 Å². The maximum absolute atomic E-state index is 12.7. The zero-order valence-corrected chi connectivity index (χ0v) is 47.5. The van der Waals surface area contributed by atoms with Crippen molar-refractivity contribution >= 4 is 47.5 Å². The molecule has 1 unspecified atom stereocenters. The van der Waals surface area contributed by atoms with Crippen LogP contribution in [0, 0.1) is 31.6 Å². The normalized spacial score (nSPS) is 30.9. The van der Waals surface area contributed by atoms with Crippen molar-refractivity contribution in [1.29, 1.82) is 0 Å². The van der Waals surface area contributed by atoms with Crippen LogP contribution in [0.2, 0.25) is 0 Å². The van der Waals surface area contributed by atoms with Gasteiger partial charge in [0.15, 0.2) is 0 Å². The molecule has 12 rings (SSSR count). The van der Waals surface area contributed by atoms with Crippen molar-refractivity contribution in [3.63, 3.8) is 0 Å². The monoisotopic (exact) mass is 1090 g/mol. The van der Waals surface area contributed by atoms with Gasteiger partial charge in [0, 0.05) is 84.8 Å². The minimum absolute atomic E-state index is 0. The number of aryl methyl sites for hydroxylation is 2. The zero-order valence-electron chi connectivity index (χ0n) is 45.6. The number of carbonyl (C=O) groups excluding carboxylic acids is 2. The number of fused-ring (bicyclic) bond motifs is 3. The van der Waals surface area contributed by atoms with Gasteiger partial charge in [-0.3, -0.25) is 9.59 Å². The van der Waals surface area contributed by atoms with E-state index in [1.165, 1.54) is 106 Å². The SMILES string of the molecule is CC(=O)N1CC[C@@]23CCCC[C@@H]2[C@@H]1Cc1ccc(C)cc13.CC(=O)N1CC[C@@]23CCCC[C@@H]2[C@@H]1Cc1ccc(OS(=O)(=O)C(F)(F)F)cc13.Cc1ccc2c(c1)[C@]13CCCC[C@@H]1[C@H](C2)N(C)CC3.O=[P+]([O-])OO.[Al].[H-].[HH].[Li+]. The van der Waals surface area contributed by atoms with Crippen LogP contribution in [-0.2, 0) is 64.5 Å². The first-order valence-corrected chi connectivity index (χ1v) is 29.2. The Morgan fingerprint density at radius 3 is 1.45 bits per heavy atom. The Morgan fingerprint density at radius 2 is 1.05 bits per heavy atom. The molecule has 3 radical (unpaired) electrons. The van der Waals surface area contributed by atoms with Crippen LogP contribution >= 0.6 is 8.25 Å². The molecular weight excluding hydrogens is 1010 g/mol. The van der Waals surface area contributed by atoms with E-state index in [1.54, 1.807) is 36.6 Å². The van der Waals surface area contributed by atoms with Crippen molar-refractivity contribution < 1.29 is 76.5 Å². The van der Waals surface area contributed by atoms with Gasteiger partial charge in [-0.25, -0.2) is 5.26 Å². The molecule has 10 atom stereocenters. The van der Waals surface area contributed by atoms with Crippen LogP contribution in [0.25, 0.3) is 0 Å². The van der Waals surface area contributed by atoms with E-state index in [2.05, 4.69) is 76.0 Å². The van der Waals surface area contributed by atoms with Gasteiger partial charge < -0.3 is 25.2 Å². The predicted molar refractivity (Wildman–Crippen MR) is 279 cm³/mol. The Balaban J connectivity index is 0.000000202. The molecule has 12 nitrogen and oxygen atoms in total. The summed E-state index contributed by atoms with van der Waals surface area (Å²) in [4.78, 5) is 39.9. The topological polar surface area (TPSA) is 157 Å². The van der Waals surface area contributed by atoms with E-state index in [9.17, 15) is 31.2 Å². The van der Waals surface area contributed by atoms with Gasteiger partial charge >= 0.3 is 42.7 Å². The molecule has 3 aromatic carbocycles. The average Bonchev–Trinajstić information content (AvgIpc) is 3.35. The van der Waals surface area contributed by atoms with Crippen molar-refractivity contribution in [2.75, 3.05) is 26.7 Å². The van der Waals surface area contributed by atoms with E-state index in [-0.39, 0.29) is 74.0 Å². The van der Waals surface area contributed by atoms with Gasteiger partial charge in [0.1, 0.15) is 5.75 Å². The number of hydrogen-bond donors (Lipinski definition) is 1. The molecule has 6 fully saturated rings. The molecule has 0 spiro atoms. The Kier molecular flexibility index (Phi) is 18.8. The van der Waals surface area contributed by atoms with Gasteiger partial charge in [0.2, 0.25) is 11.8 Å². The third-order valence-corrected chi connectivity index (χ3v) is 20.5. The first-order valence-electron chi connectivity index (χ1n) is 26.7. The van der Waals surface area contributed by atoms with Crippen molar-refractivity contribution in [3.05, 3.63) is 99.1 Å². The van der Waals surface area contributed by atoms with E-state index in [0.29, 0.717) is 35.8 Å². The molecule has 6 bridgehead atoms. The number of alkyl halides is 3. The second kappa shape index (κ2) is 23.5. The molecule has 3 saturated carbocycles. The van der Waals surface area contributed by atoms with Gasteiger partial charge in [-0.2, -0.15) is 21.6 Å². The van der Waals surface area contributed by atoms with Gasteiger partial charge in [-0.15, -0.1) is 0 Å². The molecule has 19 heteroatoms. The van der Waals surface area contributed by atoms with Crippen LogP contribution in [0.5, 0.6) is 5.75 Å². The van der Waals surface area contributed by atoms with Gasteiger partial charge in [-0.1, -0.05) is 92.1 Å².